The van der Waals surface area contributed by atoms with Crippen molar-refractivity contribution in [3.63, 3.8) is 0 Å². The molecule has 1 nitrogen and oxygen atoms in total. The topological polar surface area (TPSA) is 17.1 Å². The molecule has 0 fully saturated rings. The number of Topliss-reactive ketones (excluding diaryl/α,β-unsaturated/α-hetero) is 1. The Labute approximate surface area is 187 Å². The molecule has 0 N–H and O–H groups in total. The minimum atomic E-state index is -0.618. The molecule has 30 heavy (non-hydrogen) atoms. The molecule has 0 atom stereocenters. The van der Waals surface area contributed by atoms with Gasteiger partial charge in [0.05, 0.1) is 4.32 Å². The van der Waals surface area contributed by atoms with Gasteiger partial charge in [0.2, 0.25) is 0 Å². The van der Waals surface area contributed by atoms with Crippen molar-refractivity contribution in [1.29, 1.82) is 0 Å². The Morgan fingerprint density at radius 3 is 2.03 bits per heavy atom. The van der Waals surface area contributed by atoms with Crippen LogP contribution in [0.2, 0.25) is 0 Å². The highest BCUT2D eigenvalue weighted by Crippen LogP contribution is 2.30. The Morgan fingerprint density at radius 1 is 0.867 bits per heavy atom. The van der Waals surface area contributed by atoms with Crippen LogP contribution in [0.5, 0.6) is 0 Å². The van der Waals surface area contributed by atoms with Crippen LogP contribution in [0, 0.1) is 5.82 Å². The van der Waals surface area contributed by atoms with Crippen LogP contribution >= 0.6 is 15.9 Å². The third kappa shape index (κ3) is 5.46. The molecule has 3 aromatic carbocycles. The summed E-state index contributed by atoms with van der Waals surface area (Å²) in [6.45, 7) is 5.85. The average molecular weight is 467 g/mol. The van der Waals surface area contributed by atoms with E-state index in [1.807, 2.05) is 26.0 Å². The Bertz CT molecular complexity index is 999. The molecule has 3 rings (SSSR count). The summed E-state index contributed by atoms with van der Waals surface area (Å²) >= 11 is 3.40. The van der Waals surface area contributed by atoms with Crippen LogP contribution in [0.25, 0.3) is 22.3 Å². The molecule has 0 aromatic heterocycles. The Kier molecular flexibility index (Phi) is 7.25. The maximum Gasteiger partial charge on any atom is 0.178 e. The van der Waals surface area contributed by atoms with Gasteiger partial charge in [0, 0.05) is 11.1 Å². The second-order valence-electron chi connectivity index (χ2n) is 8.23. The van der Waals surface area contributed by atoms with Crippen LogP contribution in [-0.2, 0) is 6.42 Å². The van der Waals surface area contributed by atoms with Gasteiger partial charge in [0.1, 0.15) is 5.82 Å². The van der Waals surface area contributed by atoms with E-state index in [0.29, 0.717) is 11.1 Å². The van der Waals surface area contributed by atoms with Crippen LogP contribution in [0.1, 0.15) is 56.0 Å². The normalized spacial score (nSPS) is 11.5. The summed E-state index contributed by atoms with van der Waals surface area (Å²) in [5, 5.41) is 0. The van der Waals surface area contributed by atoms with Crippen LogP contribution in [0.15, 0.2) is 66.7 Å². The summed E-state index contributed by atoms with van der Waals surface area (Å²) in [4.78, 5) is 12.4. The summed E-state index contributed by atoms with van der Waals surface area (Å²) in [6.07, 6.45) is 4.76. The predicted octanol–water partition coefficient (Wildman–Crippen LogP) is 8.25. The van der Waals surface area contributed by atoms with Gasteiger partial charge in [-0.1, -0.05) is 96.4 Å². The molecule has 0 heterocycles. The van der Waals surface area contributed by atoms with Gasteiger partial charge in [-0.3, -0.25) is 4.79 Å². The van der Waals surface area contributed by atoms with Gasteiger partial charge in [-0.15, -0.1) is 0 Å². The molecule has 0 spiro atoms. The standard InChI is InChI=1S/C27H28BrFO/c1-4-5-6-7-19-8-10-20(11-9-19)23-16-17-24(25(29)18-23)21-12-14-22(15-13-21)26(30)27(2,3)28/h8-18H,4-7H2,1-3H3. The van der Waals surface area contributed by atoms with E-state index in [1.54, 1.807) is 30.3 Å². The van der Waals surface area contributed by atoms with E-state index in [2.05, 4.69) is 47.1 Å². The molecule has 3 aromatic rings. The van der Waals surface area contributed by atoms with Gasteiger partial charge < -0.3 is 0 Å². The number of ketones is 1. The third-order valence-electron chi connectivity index (χ3n) is 5.32. The molecule has 0 radical (unpaired) electrons. The lowest BCUT2D eigenvalue weighted by Crippen LogP contribution is -2.23. The summed E-state index contributed by atoms with van der Waals surface area (Å²) in [7, 11) is 0. The zero-order valence-electron chi connectivity index (χ0n) is 17.8. The third-order valence-corrected chi connectivity index (χ3v) is 5.68. The fourth-order valence-electron chi connectivity index (χ4n) is 3.52. The molecule has 0 amide bonds. The van der Waals surface area contributed by atoms with Crippen LogP contribution < -0.4 is 0 Å². The molecular formula is C27H28BrFO. The van der Waals surface area contributed by atoms with Crippen LogP contribution in [0.4, 0.5) is 4.39 Å². The molecule has 0 aliphatic rings. The van der Waals surface area contributed by atoms with E-state index in [1.165, 1.54) is 24.8 Å². The molecular weight excluding hydrogens is 439 g/mol. The number of alkyl halides is 1. The lowest BCUT2D eigenvalue weighted by atomic mass is 9.96. The van der Waals surface area contributed by atoms with Crippen molar-refractivity contribution in [3.8, 4) is 22.3 Å². The Balaban J connectivity index is 1.78. The van der Waals surface area contributed by atoms with Crippen molar-refractivity contribution in [1.82, 2.24) is 0 Å². The van der Waals surface area contributed by atoms with Gasteiger partial charge in [0.25, 0.3) is 0 Å². The first-order chi connectivity index (χ1) is 14.3. The number of rotatable bonds is 8. The zero-order chi connectivity index (χ0) is 21.7. The molecule has 0 aliphatic heterocycles. The number of hydrogen-bond acceptors (Lipinski definition) is 1. The van der Waals surface area contributed by atoms with Gasteiger partial charge in [-0.2, -0.15) is 0 Å². The van der Waals surface area contributed by atoms with Crippen molar-refractivity contribution in [2.24, 2.45) is 0 Å². The molecule has 0 unspecified atom stereocenters. The highest BCUT2D eigenvalue weighted by Gasteiger charge is 2.24. The van der Waals surface area contributed by atoms with Gasteiger partial charge in [0.15, 0.2) is 5.78 Å². The van der Waals surface area contributed by atoms with Crippen LogP contribution in [-0.4, -0.2) is 10.1 Å². The van der Waals surface area contributed by atoms with Crippen molar-refractivity contribution < 1.29 is 9.18 Å². The van der Waals surface area contributed by atoms with Crippen molar-refractivity contribution >= 4 is 21.7 Å². The van der Waals surface area contributed by atoms with E-state index in [9.17, 15) is 9.18 Å². The number of aryl methyl sites for hydroxylation is 1. The largest absolute Gasteiger partial charge is 0.293 e. The number of carbonyl (C=O) groups excluding carboxylic acids is 1. The van der Waals surface area contributed by atoms with Crippen molar-refractivity contribution in [2.75, 3.05) is 0 Å². The van der Waals surface area contributed by atoms with E-state index >= 15 is 0 Å². The summed E-state index contributed by atoms with van der Waals surface area (Å²) in [5.74, 6) is -0.262. The van der Waals surface area contributed by atoms with E-state index < -0.39 is 4.32 Å². The average Bonchev–Trinajstić information content (AvgIpc) is 2.73. The van der Waals surface area contributed by atoms with E-state index in [-0.39, 0.29) is 11.6 Å². The van der Waals surface area contributed by atoms with Gasteiger partial charge >= 0.3 is 0 Å². The highest BCUT2D eigenvalue weighted by molar-refractivity contribution is 9.10. The lowest BCUT2D eigenvalue weighted by molar-refractivity contribution is 0.0961. The first kappa shape index (κ1) is 22.4. The molecule has 0 saturated carbocycles. The number of hydrogen-bond donors (Lipinski definition) is 0. The fraction of sp³-hybridized carbons (Fsp3) is 0.296. The molecule has 0 saturated heterocycles. The lowest BCUT2D eigenvalue weighted by Gasteiger charge is -2.15. The van der Waals surface area contributed by atoms with E-state index in [0.717, 1.165) is 23.1 Å². The van der Waals surface area contributed by atoms with Gasteiger partial charge in [-0.25, -0.2) is 4.39 Å². The number of halogens is 2. The smallest absolute Gasteiger partial charge is 0.178 e. The maximum atomic E-state index is 14.9. The minimum absolute atomic E-state index is 0.00279. The monoisotopic (exact) mass is 466 g/mol. The van der Waals surface area contributed by atoms with Crippen molar-refractivity contribution in [2.45, 2.75) is 50.8 Å². The second-order valence-corrected chi connectivity index (χ2v) is 10.2. The fourth-order valence-corrected chi connectivity index (χ4v) is 3.75. The maximum absolute atomic E-state index is 14.9. The Morgan fingerprint density at radius 2 is 1.47 bits per heavy atom. The molecule has 0 bridgehead atoms. The number of carbonyl (C=O) groups is 1. The van der Waals surface area contributed by atoms with Crippen molar-refractivity contribution in [3.05, 3.63) is 83.7 Å². The first-order valence-electron chi connectivity index (χ1n) is 10.5. The quantitative estimate of drug-likeness (QED) is 0.185. The predicted molar refractivity (Wildman–Crippen MR) is 128 cm³/mol. The number of benzene rings is 3. The first-order valence-corrected chi connectivity index (χ1v) is 11.3. The minimum Gasteiger partial charge on any atom is -0.293 e. The summed E-state index contributed by atoms with van der Waals surface area (Å²) in [5.41, 5.74) is 5.10. The highest BCUT2D eigenvalue weighted by atomic mass is 79.9. The van der Waals surface area contributed by atoms with Gasteiger partial charge in [-0.05, 0) is 55.0 Å². The number of unbranched alkanes of at least 4 members (excludes halogenated alkanes) is 2. The molecule has 3 heteroatoms. The second kappa shape index (κ2) is 9.70. The summed E-state index contributed by atoms with van der Waals surface area (Å²) in [6, 6.07) is 20.9. The van der Waals surface area contributed by atoms with Crippen LogP contribution in [0.3, 0.4) is 0 Å². The molecule has 0 aliphatic carbocycles. The zero-order valence-corrected chi connectivity index (χ0v) is 19.4. The Hall–Kier alpha value is -2.26. The molecule has 156 valence electrons. The summed E-state index contributed by atoms with van der Waals surface area (Å²) < 4.78 is 14.3. The van der Waals surface area contributed by atoms with E-state index in [4.69, 9.17) is 0 Å². The SMILES string of the molecule is CCCCCc1ccc(-c2ccc(-c3ccc(C(=O)C(C)(C)Br)cc3)c(F)c2)cc1.